The van der Waals surface area contributed by atoms with E-state index < -0.39 is 13.5 Å². The van der Waals surface area contributed by atoms with Crippen LogP contribution < -0.4 is 4.90 Å². The number of benzene rings is 1. The quantitative estimate of drug-likeness (QED) is 0.169. The molecule has 42 heavy (non-hydrogen) atoms. The number of hydrogen-bond donors (Lipinski definition) is 1. The van der Waals surface area contributed by atoms with Gasteiger partial charge < -0.3 is 0 Å². The number of rotatable bonds is 8. The van der Waals surface area contributed by atoms with Crippen molar-refractivity contribution >= 4 is 29.7 Å². The second-order valence-corrected chi connectivity index (χ2v) is 20.0. The van der Waals surface area contributed by atoms with E-state index in [1.54, 1.807) is 0 Å². The number of quaternary nitrogens is 1. The summed E-state index contributed by atoms with van der Waals surface area (Å²) in [7, 11) is 12.0. The molecule has 1 saturated heterocycles. The summed E-state index contributed by atoms with van der Waals surface area (Å²) in [6, 6.07) is 7.94. The molecule has 1 aromatic rings. The molecule has 0 radical (unpaired) electrons. The van der Waals surface area contributed by atoms with E-state index in [0.717, 1.165) is 72.0 Å². The summed E-state index contributed by atoms with van der Waals surface area (Å²) in [4.78, 5) is 6.90. The van der Waals surface area contributed by atoms with Crippen LogP contribution in [0.2, 0.25) is 0 Å². The predicted octanol–water partition coefficient (Wildman–Crippen LogP) is 7.83. The average molecular weight is 713 g/mol. The maximum atomic E-state index is 5.98. The molecule has 7 heteroatoms. The Hall–Kier alpha value is -0.157. The Morgan fingerprint density at radius 3 is 1.69 bits per heavy atom. The number of nitrogens with zero attached hydrogens (tertiary/aromatic N) is 2. The normalized spacial score (nSPS) is 32.8. The van der Waals surface area contributed by atoms with Gasteiger partial charge in [-0.15, -0.1) is 9.80 Å². The molecule has 0 aromatic heterocycles. The first-order valence-corrected chi connectivity index (χ1v) is 22.2. The summed E-state index contributed by atoms with van der Waals surface area (Å²) >= 11 is -1.81. The number of hydrogen-bond acceptors (Lipinski definition) is 2. The molecule has 3 fully saturated rings. The zero-order valence-corrected chi connectivity index (χ0v) is 31.4. The van der Waals surface area contributed by atoms with E-state index in [9.17, 15) is 0 Å². The van der Waals surface area contributed by atoms with E-state index in [0.29, 0.717) is 0 Å². The van der Waals surface area contributed by atoms with Crippen LogP contribution in [0.5, 0.6) is 5.75 Å². The summed E-state index contributed by atoms with van der Waals surface area (Å²) in [5.74, 6) is 6.19. The first-order chi connectivity index (χ1) is 19.8. The van der Waals surface area contributed by atoms with Crippen LogP contribution in [0.3, 0.4) is 0 Å². The van der Waals surface area contributed by atoms with E-state index in [2.05, 4.69) is 109 Å². The van der Waals surface area contributed by atoms with Crippen LogP contribution in [0.1, 0.15) is 100 Å². The number of ether oxygens (including phenoxy) is 1. The summed E-state index contributed by atoms with van der Waals surface area (Å²) in [5, 5.41) is 0. The van der Waals surface area contributed by atoms with E-state index in [-0.39, 0.29) is 6.10 Å². The van der Waals surface area contributed by atoms with Crippen molar-refractivity contribution < 1.29 is 23.2 Å². The zero-order chi connectivity index (χ0) is 31.1. The van der Waals surface area contributed by atoms with Crippen LogP contribution in [-0.2, 0) is 13.5 Å². The molecule has 1 aliphatic heterocycles. The van der Waals surface area contributed by atoms with Gasteiger partial charge in [0, 0.05) is 0 Å². The average Bonchev–Trinajstić information content (AvgIpc) is 3.33. The minimum atomic E-state index is -1.81. The monoisotopic (exact) mass is 712 g/mol. The first kappa shape index (κ1) is 36.3. The molecule has 0 amide bonds. The fourth-order valence-electron chi connectivity index (χ4n) is 8.69. The number of nitrogens with one attached hydrogen (secondary N) is 1. The van der Waals surface area contributed by atoms with Crippen molar-refractivity contribution in [2.24, 2.45) is 35.5 Å². The van der Waals surface area contributed by atoms with Gasteiger partial charge >= 0.3 is 129 Å². The molecule has 0 spiro atoms. The van der Waals surface area contributed by atoms with Crippen molar-refractivity contribution in [2.45, 2.75) is 113 Å². The Labute approximate surface area is 272 Å². The van der Waals surface area contributed by atoms with Crippen LogP contribution >= 0.6 is 19.4 Å². The SMILES string of the molecule is CC1C[C@@H](C)C(N2[CH+]N(C3[C@@H](C)CC(C)C[C@@H]3C)CC2)[C@H](C)C1.CC[NH+](CC)c1ccc([CH]=[Ru]([Cl])[Cl])c([OH+]C(C)C)c1. The van der Waals surface area contributed by atoms with Gasteiger partial charge in [0.2, 0.25) is 6.67 Å². The molecular weight excluding hydrogens is 650 g/mol. The van der Waals surface area contributed by atoms with E-state index in [1.807, 2.05) is 4.61 Å². The molecule has 2 N–H and O–H groups in total. The fourth-order valence-corrected chi connectivity index (χ4v) is 10.5. The topological polar surface area (TPSA) is 23.7 Å². The molecule has 1 heterocycles. The van der Waals surface area contributed by atoms with Crippen molar-refractivity contribution in [3.05, 3.63) is 30.4 Å². The molecule has 4 atom stereocenters. The Morgan fingerprint density at radius 2 is 1.31 bits per heavy atom. The number of halogens is 2. The number of aliphatic hydroxyl groups is 1. The van der Waals surface area contributed by atoms with Gasteiger partial charge in [0.15, 0.2) is 0 Å². The van der Waals surface area contributed by atoms with Crippen molar-refractivity contribution in [1.82, 2.24) is 9.80 Å². The van der Waals surface area contributed by atoms with Crippen LogP contribution in [-0.4, -0.2) is 63.5 Å². The molecule has 1 aromatic carbocycles. The van der Waals surface area contributed by atoms with Gasteiger partial charge in [0.1, 0.15) is 0 Å². The third kappa shape index (κ3) is 9.92. The number of aromatic hydroxyl groups is 1. The minimum absolute atomic E-state index is 0.264. The third-order valence-electron chi connectivity index (χ3n) is 9.98. The summed E-state index contributed by atoms with van der Waals surface area (Å²) in [5.41, 5.74) is 2.34. The Balaban J connectivity index is 0.000000236. The van der Waals surface area contributed by atoms with Crippen LogP contribution in [0.4, 0.5) is 5.69 Å². The fraction of sp³-hybridized carbons (Fsp3) is 0.771. The first-order valence-electron chi connectivity index (χ1n) is 16.7. The molecule has 2 saturated carbocycles. The summed E-state index contributed by atoms with van der Waals surface area (Å²) in [6.45, 7) is 30.6. The van der Waals surface area contributed by atoms with Crippen molar-refractivity contribution in [3.8, 4) is 5.75 Å². The summed E-state index contributed by atoms with van der Waals surface area (Å²) in [6.07, 6.45) is 5.90. The van der Waals surface area contributed by atoms with Gasteiger partial charge in [0.05, 0.1) is 25.2 Å². The van der Waals surface area contributed by atoms with Crippen molar-refractivity contribution in [3.63, 3.8) is 0 Å². The Kier molecular flexibility index (Phi) is 14.7. The second-order valence-electron chi connectivity index (χ2n) is 14.2. The van der Waals surface area contributed by atoms with Crippen LogP contribution in [0.15, 0.2) is 18.2 Å². The molecule has 0 bridgehead atoms. The van der Waals surface area contributed by atoms with Gasteiger partial charge in [0.25, 0.3) is 0 Å². The van der Waals surface area contributed by atoms with Gasteiger partial charge in [-0.2, -0.15) is 0 Å². The van der Waals surface area contributed by atoms with Gasteiger partial charge in [-0.3, -0.25) is 0 Å². The molecule has 3 aliphatic rings. The molecule has 2 aliphatic carbocycles. The molecule has 4 rings (SSSR count). The van der Waals surface area contributed by atoms with Gasteiger partial charge in [-0.25, -0.2) is 0 Å². The zero-order valence-electron chi connectivity index (χ0n) is 28.2. The molecular formula is C35H62Cl2N3ORu+3. The molecule has 0 unspecified atom stereocenters. The second kappa shape index (κ2) is 17.0. The van der Waals surface area contributed by atoms with Crippen molar-refractivity contribution in [2.75, 3.05) is 26.2 Å². The predicted molar refractivity (Wildman–Crippen MR) is 181 cm³/mol. The maximum absolute atomic E-state index is 5.98. The van der Waals surface area contributed by atoms with E-state index in [1.165, 1.54) is 49.4 Å². The van der Waals surface area contributed by atoms with Crippen LogP contribution in [0.25, 0.3) is 0 Å². The van der Waals surface area contributed by atoms with Gasteiger partial charge in [-0.1, -0.05) is 41.5 Å². The Bertz CT molecular complexity index is 938. The third-order valence-corrected chi connectivity index (χ3v) is 11.8. The van der Waals surface area contributed by atoms with E-state index in [4.69, 9.17) is 19.4 Å². The van der Waals surface area contributed by atoms with Crippen LogP contribution in [0, 0.1) is 42.2 Å². The Morgan fingerprint density at radius 1 is 0.857 bits per heavy atom. The van der Waals surface area contributed by atoms with Crippen molar-refractivity contribution in [1.29, 1.82) is 0 Å². The molecule has 242 valence electrons. The molecule has 4 nitrogen and oxygen atoms in total. The summed E-state index contributed by atoms with van der Waals surface area (Å²) < 4.78 is 6.65. The van der Waals surface area contributed by atoms with Gasteiger partial charge in [-0.05, 0) is 61.2 Å². The standard InChI is InChI=1S/C21H39N2.C14H21NO.2ClH.Ru/c1-14-9-16(3)20(17(4)10-14)22-7-8-23(13-22)21-18(5)11-15(2)12-19(21)6;1-6-15(7-2)13-9-8-12(5)14(10-13)16-11(3)4;;;/h13-21H,7-12H2,1-6H3;5,8-11H,6-7H2,1-4H3;2*1H;/q+1;;;;+2/t14?,15?,16-,17-,18+,19+,20?,21?;;;;. The van der Waals surface area contributed by atoms with E-state index >= 15 is 0 Å².